The number of piperidine rings is 1. The molecule has 0 aromatic heterocycles. The molecule has 0 unspecified atom stereocenters. The van der Waals surface area contributed by atoms with Crippen LogP contribution in [-0.2, 0) is 4.79 Å². The second kappa shape index (κ2) is 3.44. The van der Waals surface area contributed by atoms with Crippen molar-refractivity contribution in [3.8, 4) is 0 Å². The Bertz CT molecular complexity index is 162. The Kier molecular flexibility index (Phi) is 2.30. The molecular formula is C9H16N2O. The molecule has 12 heavy (non-hydrogen) atoms. The highest BCUT2D eigenvalue weighted by Gasteiger charge is 2.32. The van der Waals surface area contributed by atoms with E-state index in [9.17, 15) is 4.79 Å². The van der Waals surface area contributed by atoms with E-state index < -0.39 is 0 Å². The average Bonchev–Trinajstić information content (AvgIpc) is 2.92. The average molecular weight is 168 g/mol. The zero-order valence-corrected chi connectivity index (χ0v) is 7.41. The van der Waals surface area contributed by atoms with Crippen LogP contribution in [0.3, 0.4) is 0 Å². The minimum atomic E-state index is 0.542. The van der Waals surface area contributed by atoms with Crippen LogP contribution in [0.15, 0.2) is 0 Å². The molecule has 1 amide bonds. The Hall–Kier alpha value is -0.570. The number of rotatable bonds is 3. The lowest BCUT2D eigenvalue weighted by Crippen LogP contribution is -2.45. The molecule has 1 heterocycles. The molecule has 68 valence electrons. The molecule has 0 bridgehead atoms. The van der Waals surface area contributed by atoms with Crippen LogP contribution in [0.4, 0.5) is 0 Å². The molecule has 3 heteroatoms. The summed E-state index contributed by atoms with van der Waals surface area (Å²) in [7, 11) is 0. The zero-order valence-electron chi connectivity index (χ0n) is 7.41. The van der Waals surface area contributed by atoms with Gasteiger partial charge in [0.2, 0.25) is 6.41 Å². The van der Waals surface area contributed by atoms with E-state index in [1.807, 2.05) is 5.01 Å². The van der Waals surface area contributed by atoms with Gasteiger partial charge in [0.15, 0.2) is 0 Å². The number of carbonyl (C=O) groups excluding carboxylic acids is 1. The largest absolute Gasteiger partial charge is 0.277 e. The fraction of sp³-hybridized carbons (Fsp3) is 0.889. The van der Waals surface area contributed by atoms with Crippen molar-refractivity contribution in [3.63, 3.8) is 0 Å². The number of hydrogen-bond donors (Lipinski definition) is 0. The van der Waals surface area contributed by atoms with Gasteiger partial charge in [0, 0.05) is 19.1 Å². The molecule has 2 fully saturated rings. The van der Waals surface area contributed by atoms with E-state index in [2.05, 4.69) is 5.01 Å². The van der Waals surface area contributed by atoms with Crippen LogP contribution < -0.4 is 0 Å². The van der Waals surface area contributed by atoms with E-state index in [1.54, 1.807) is 0 Å². The number of hydrazine groups is 1. The third-order valence-electron chi connectivity index (χ3n) is 2.69. The third-order valence-corrected chi connectivity index (χ3v) is 2.69. The van der Waals surface area contributed by atoms with Crippen molar-refractivity contribution in [1.29, 1.82) is 0 Å². The topological polar surface area (TPSA) is 23.6 Å². The third kappa shape index (κ3) is 1.61. The summed E-state index contributed by atoms with van der Waals surface area (Å²) in [6, 6.07) is 0.542. The van der Waals surface area contributed by atoms with Crippen molar-refractivity contribution in [3.05, 3.63) is 0 Å². The molecule has 2 rings (SSSR count). The summed E-state index contributed by atoms with van der Waals surface area (Å²) < 4.78 is 0. The Morgan fingerprint density at radius 3 is 2.33 bits per heavy atom. The van der Waals surface area contributed by atoms with Crippen LogP contribution in [0.1, 0.15) is 32.1 Å². The summed E-state index contributed by atoms with van der Waals surface area (Å²) >= 11 is 0. The Morgan fingerprint density at radius 1 is 1.17 bits per heavy atom. The van der Waals surface area contributed by atoms with Gasteiger partial charge in [0.05, 0.1) is 0 Å². The van der Waals surface area contributed by atoms with Crippen molar-refractivity contribution < 1.29 is 4.79 Å². The number of carbonyl (C=O) groups is 1. The fourth-order valence-electron chi connectivity index (χ4n) is 1.83. The van der Waals surface area contributed by atoms with Crippen LogP contribution >= 0.6 is 0 Å². The van der Waals surface area contributed by atoms with Gasteiger partial charge in [0.25, 0.3) is 0 Å². The van der Waals surface area contributed by atoms with Gasteiger partial charge >= 0.3 is 0 Å². The molecule has 1 saturated carbocycles. The molecule has 0 aromatic rings. The summed E-state index contributed by atoms with van der Waals surface area (Å²) in [5.41, 5.74) is 0. The van der Waals surface area contributed by atoms with Gasteiger partial charge in [-0.25, -0.2) is 5.01 Å². The highest BCUT2D eigenvalue weighted by molar-refractivity contribution is 5.47. The summed E-state index contributed by atoms with van der Waals surface area (Å²) in [6.07, 6.45) is 7.23. The van der Waals surface area contributed by atoms with Crippen molar-refractivity contribution >= 4 is 6.41 Å². The maximum Gasteiger partial charge on any atom is 0.224 e. The van der Waals surface area contributed by atoms with Crippen LogP contribution in [0, 0.1) is 0 Å². The molecule has 0 radical (unpaired) electrons. The molecule has 1 aliphatic heterocycles. The van der Waals surface area contributed by atoms with E-state index >= 15 is 0 Å². The first kappa shape index (κ1) is 8.05. The first-order valence-corrected chi connectivity index (χ1v) is 4.90. The molecule has 0 spiro atoms. The lowest BCUT2D eigenvalue weighted by molar-refractivity contribution is -0.137. The number of nitrogens with zero attached hydrogens (tertiary/aromatic N) is 2. The van der Waals surface area contributed by atoms with Gasteiger partial charge in [-0.1, -0.05) is 6.42 Å². The van der Waals surface area contributed by atoms with E-state index in [0.717, 1.165) is 19.5 Å². The molecule has 1 aliphatic carbocycles. The second-order valence-electron chi connectivity index (χ2n) is 3.73. The van der Waals surface area contributed by atoms with Crippen LogP contribution in [0.25, 0.3) is 0 Å². The van der Waals surface area contributed by atoms with Gasteiger partial charge in [-0.2, -0.15) is 0 Å². The summed E-state index contributed by atoms with van der Waals surface area (Å²) in [4.78, 5) is 10.8. The van der Waals surface area contributed by atoms with Gasteiger partial charge in [0.1, 0.15) is 0 Å². The SMILES string of the molecule is O=CN(C1CC1)N1CCCCC1. The zero-order chi connectivity index (χ0) is 8.39. The predicted octanol–water partition coefficient (Wildman–Crippen LogP) is 1.01. The van der Waals surface area contributed by atoms with Crippen molar-refractivity contribution in [2.75, 3.05) is 13.1 Å². The normalized spacial score (nSPS) is 25.3. The van der Waals surface area contributed by atoms with Crippen molar-refractivity contribution in [1.82, 2.24) is 10.0 Å². The lowest BCUT2D eigenvalue weighted by atomic mass is 10.2. The van der Waals surface area contributed by atoms with Crippen LogP contribution in [0.2, 0.25) is 0 Å². The highest BCUT2D eigenvalue weighted by Crippen LogP contribution is 2.28. The van der Waals surface area contributed by atoms with E-state index in [4.69, 9.17) is 0 Å². The predicted molar refractivity (Wildman–Crippen MR) is 46.3 cm³/mol. The molecule has 0 atom stereocenters. The fourth-order valence-corrected chi connectivity index (χ4v) is 1.83. The Balaban J connectivity index is 1.89. The smallest absolute Gasteiger partial charge is 0.224 e. The van der Waals surface area contributed by atoms with Crippen molar-refractivity contribution in [2.24, 2.45) is 0 Å². The summed E-state index contributed by atoms with van der Waals surface area (Å²) in [5.74, 6) is 0. The first-order valence-electron chi connectivity index (χ1n) is 4.90. The Labute approximate surface area is 73.3 Å². The van der Waals surface area contributed by atoms with Gasteiger partial charge in [-0.3, -0.25) is 9.80 Å². The monoisotopic (exact) mass is 168 g/mol. The molecule has 2 aliphatic rings. The first-order chi connectivity index (χ1) is 5.92. The molecule has 0 aromatic carbocycles. The maximum atomic E-state index is 10.8. The number of hydrogen-bond acceptors (Lipinski definition) is 2. The lowest BCUT2D eigenvalue weighted by Gasteiger charge is -2.34. The van der Waals surface area contributed by atoms with Crippen molar-refractivity contribution in [2.45, 2.75) is 38.1 Å². The van der Waals surface area contributed by atoms with Crippen LogP contribution in [-0.4, -0.2) is 35.6 Å². The van der Waals surface area contributed by atoms with E-state index in [1.165, 1.54) is 32.1 Å². The highest BCUT2D eigenvalue weighted by atomic mass is 16.2. The van der Waals surface area contributed by atoms with Crippen LogP contribution in [0.5, 0.6) is 0 Å². The standard InChI is InChI=1S/C9H16N2O/c12-8-11(9-4-5-9)10-6-2-1-3-7-10/h8-9H,1-7H2. The minimum absolute atomic E-state index is 0.542. The Morgan fingerprint density at radius 2 is 1.83 bits per heavy atom. The quantitative estimate of drug-likeness (QED) is 0.587. The molecule has 0 N–H and O–H groups in total. The molecular weight excluding hydrogens is 152 g/mol. The minimum Gasteiger partial charge on any atom is -0.277 e. The summed E-state index contributed by atoms with van der Waals surface area (Å²) in [5, 5.41) is 4.13. The van der Waals surface area contributed by atoms with Gasteiger partial charge < -0.3 is 0 Å². The maximum absolute atomic E-state index is 10.8. The van der Waals surface area contributed by atoms with Gasteiger partial charge in [-0.05, 0) is 25.7 Å². The van der Waals surface area contributed by atoms with Gasteiger partial charge in [-0.15, -0.1) is 0 Å². The molecule has 1 saturated heterocycles. The van der Waals surface area contributed by atoms with E-state index in [-0.39, 0.29) is 0 Å². The number of amides is 1. The second-order valence-corrected chi connectivity index (χ2v) is 3.73. The summed E-state index contributed by atoms with van der Waals surface area (Å²) in [6.45, 7) is 2.16. The molecule has 3 nitrogen and oxygen atoms in total. The van der Waals surface area contributed by atoms with E-state index in [0.29, 0.717) is 6.04 Å².